The number of guanidine groups is 1. The Morgan fingerprint density at radius 1 is 1.09 bits per heavy atom. The predicted octanol–water partition coefficient (Wildman–Crippen LogP) is 3.33. The van der Waals surface area contributed by atoms with E-state index in [0.29, 0.717) is 25.2 Å². The maximum Gasteiger partial charge on any atom is 0.254 e. The zero-order chi connectivity index (χ0) is 23.2. The Bertz CT molecular complexity index is 1100. The lowest BCUT2D eigenvalue weighted by molar-refractivity contribution is -0.0586. The number of aromatic amines is 1. The van der Waals surface area contributed by atoms with Gasteiger partial charge in [0.2, 0.25) is 0 Å². The van der Waals surface area contributed by atoms with Crippen molar-refractivity contribution in [2.75, 3.05) is 26.7 Å². The third-order valence-corrected chi connectivity index (χ3v) is 5.95. The highest BCUT2D eigenvalue weighted by Gasteiger charge is 2.26. The fourth-order valence-corrected chi connectivity index (χ4v) is 4.35. The highest BCUT2D eigenvalue weighted by Crippen LogP contribution is 2.18. The number of nitrogens with zero attached hydrogens (tertiary/aromatic N) is 2. The summed E-state index contributed by atoms with van der Waals surface area (Å²) in [5, 5.41) is 7.98. The number of aliphatic imine (C=N–C) groups is 1. The molecule has 2 aromatic carbocycles. The smallest absolute Gasteiger partial charge is 0.254 e. The molecule has 1 amide bonds. The Balaban J connectivity index is 1.26. The molecule has 2 unspecified atom stereocenters. The van der Waals surface area contributed by atoms with Gasteiger partial charge in [-0.05, 0) is 49.6 Å². The average Bonchev–Trinajstić information content (AvgIpc) is 3.23. The first kappa shape index (κ1) is 22.9. The largest absolute Gasteiger partial charge is 0.372 e. The van der Waals surface area contributed by atoms with Crippen molar-refractivity contribution in [1.29, 1.82) is 0 Å². The number of amides is 1. The first-order chi connectivity index (χ1) is 16.0. The van der Waals surface area contributed by atoms with Crippen molar-refractivity contribution in [3.63, 3.8) is 0 Å². The Kier molecular flexibility index (Phi) is 7.29. The highest BCUT2D eigenvalue weighted by atomic mass is 16.5. The van der Waals surface area contributed by atoms with Gasteiger partial charge in [-0.15, -0.1) is 0 Å². The van der Waals surface area contributed by atoms with Gasteiger partial charge in [0.1, 0.15) is 0 Å². The minimum Gasteiger partial charge on any atom is -0.372 e. The Hall–Kier alpha value is -3.32. The maximum absolute atomic E-state index is 12.8. The molecule has 3 N–H and O–H groups in total. The summed E-state index contributed by atoms with van der Waals surface area (Å²) in [4.78, 5) is 22.4. The standard InChI is InChI=1S/C26H33N5O2/c1-18-16-31(17-19(2)33-18)25(32)21-10-8-20(9-11-21)14-30-26(27-3)28-13-12-22-15-29-24-7-5-4-6-23(22)24/h4-11,15,18-19,29H,12-14,16-17H2,1-3H3,(H2,27,28,30). The maximum atomic E-state index is 12.8. The van der Waals surface area contributed by atoms with Crippen molar-refractivity contribution >= 4 is 22.8 Å². The molecule has 174 valence electrons. The number of ether oxygens (including phenoxy) is 1. The molecule has 0 aliphatic carbocycles. The van der Waals surface area contributed by atoms with E-state index >= 15 is 0 Å². The van der Waals surface area contributed by atoms with Crippen molar-refractivity contribution < 1.29 is 9.53 Å². The summed E-state index contributed by atoms with van der Waals surface area (Å²) in [5.74, 6) is 0.817. The normalized spacial score (nSPS) is 19.0. The number of hydrogen-bond donors (Lipinski definition) is 3. The molecule has 0 radical (unpaired) electrons. The summed E-state index contributed by atoms with van der Waals surface area (Å²) in [6, 6.07) is 16.1. The van der Waals surface area contributed by atoms with E-state index in [4.69, 9.17) is 4.74 Å². The lowest BCUT2D eigenvalue weighted by Gasteiger charge is -2.35. The van der Waals surface area contributed by atoms with E-state index in [1.165, 1.54) is 10.9 Å². The molecule has 0 spiro atoms. The van der Waals surface area contributed by atoms with E-state index in [1.54, 1.807) is 7.05 Å². The zero-order valence-corrected chi connectivity index (χ0v) is 19.6. The van der Waals surface area contributed by atoms with Crippen molar-refractivity contribution in [3.8, 4) is 0 Å². The van der Waals surface area contributed by atoms with Crippen LogP contribution in [0.15, 0.2) is 59.7 Å². The molecule has 1 saturated heterocycles. The fourth-order valence-electron chi connectivity index (χ4n) is 4.35. The van der Waals surface area contributed by atoms with Crippen LogP contribution < -0.4 is 10.6 Å². The number of H-pyrrole nitrogens is 1. The number of nitrogens with one attached hydrogen (secondary N) is 3. The monoisotopic (exact) mass is 447 g/mol. The number of fused-ring (bicyclic) bond motifs is 1. The number of hydrogen-bond acceptors (Lipinski definition) is 3. The Morgan fingerprint density at radius 2 is 1.82 bits per heavy atom. The lowest BCUT2D eigenvalue weighted by Crippen LogP contribution is -2.48. The van der Waals surface area contributed by atoms with Crippen LogP contribution in [0.3, 0.4) is 0 Å². The van der Waals surface area contributed by atoms with E-state index in [9.17, 15) is 4.79 Å². The molecule has 7 heteroatoms. The highest BCUT2D eigenvalue weighted by molar-refractivity contribution is 5.94. The van der Waals surface area contributed by atoms with Crippen LogP contribution in [-0.4, -0.2) is 60.6 Å². The molecule has 4 rings (SSSR count). The van der Waals surface area contributed by atoms with Gasteiger partial charge >= 0.3 is 0 Å². The van der Waals surface area contributed by atoms with Gasteiger partial charge in [0.25, 0.3) is 5.91 Å². The molecule has 1 fully saturated rings. The number of carbonyl (C=O) groups is 1. The average molecular weight is 448 g/mol. The second-order valence-electron chi connectivity index (χ2n) is 8.63. The van der Waals surface area contributed by atoms with Crippen LogP contribution in [0.4, 0.5) is 0 Å². The lowest BCUT2D eigenvalue weighted by atomic mass is 10.1. The number of morpholine rings is 1. The molecule has 1 aliphatic rings. The molecule has 3 aromatic rings. The van der Waals surface area contributed by atoms with E-state index in [2.05, 4.69) is 45.0 Å². The second kappa shape index (κ2) is 10.5. The van der Waals surface area contributed by atoms with Crippen LogP contribution >= 0.6 is 0 Å². The zero-order valence-electron chi connectivity index (χ0n) is 19.6. The third-order valence-electron chi connectivity index (χ3n) is 5.95. The van der Waals surface area contributed by atoms with Crippen molar-refractivity contribution in [3.05, 3.63) is 71.4 Å². The van der Waals surface area contributed by atoms with Gasteiger partial charge in [0, 0.05) is 55.9 Å². The van der Waals surface area contributed by atoms with E-state index in [-0.39, 0.29) is 18.1 Å². The molecule has 0 bridgehead atoms. The number of aromatic nitrogens is 1. The van der Waals surface area contributed by atoms with Crippen LogP contribution in [0.5, 0.6) is 0 Å². The van der Waals surface area contributed by atoms with Gasteiger partial charge in [0.15, 0.2) is 5.96 Å². The van der Waals surface area contributed by atoms with Crippen LogP contribution in [0.25, 0.3) is 10.9 Å². The Morgan fingerprint density at radius 3 is 2.55 bits per heavy atom. The van der Waals surface area contributed by atoms with Crippen molar-refractivity contribution in [2.24, 2.45) is 4.99 Å². The van der Waals surface area contributed by atoms with Crippen LogP contribution in [0, 0.1) is 0 Å². The second-order valence-corrected chi connectivity index (χ2v) is 8.63. The van der Waals surface area contributed by atoms with Crippen LogP contribution in [0.2, 0.25) is 0 Å². The summed E-state index contributed by atoms with van der Waals surface area (Å²) in [5.41, 5.74) is 4.25. The summed E-state index contributed by atoms with van der Waals surface area (Å²) in [6.45, 7) is 6.69. The number of carbonyl (C=O) groups excluding carboxylic acids is 1. The molecule has 1 aliphatic heterocycles. The van der Waals surface area contributed by atoms with Gasteiger partial charge in [-0.1, -0.05) is 30.3 Å². The van der Waals surface area contributed by atoms with Crippen molar-refractivity contribution in [1.82, 2.24) is 20.5 Å². The third kappa shape index (κ3) is 5.73. The molecular formula is C26H33N5O2. The van der Waals surface area contributed by atoms with E-state index < -0.39 is 0 Å². The molecule has 1 aromatic heterocycles. The van der Waals surface area contributed by atoms with Crippen LogP contribution in [0.1, 0.15) is 35.3 Å². The predicted molar refractivity (Wildman–Crippen MR) is 133 cm³/mol. The van der Waals surface area contributed by atoms with Gasteiger partial charge in [0.05, 0.1) is 12.2 Å². The number of benzene rings is 2. The van der Waals surface area contributed by atoms with Gasteiger partial charge in [-0.2, -0.15) is 0 Å². The quantitative estimate of drug-likeness (QED) is 0.400. The summed E-state index contributed by atoms with van der Waals surface area (Å²) in [7, 11) is 1.77. The minimum absolute atomic E-state index is 0.0614. The van der Waals surface area contributed by atoms with E-state index in [1.807, 2.05) is 49.1 Å². The molecule has 2 atom stereocenters. The number of rotatable bonds is 6. The summed E-state index contributed by atoms with van der Waals surface area (Å²) < 4.78 is 5.73. The first-order valence-corrected chi connectivity index (χ1v) is 11.6. The molecular weight excluding hydrogens is 414 g/mol. The molecule has 0 saturated carbocycles. The minimum atomic E-state index is 0.0614. The molecule has 33 heavy (non-hydrogen) atoms. The van der Waals surface area contributed by atoms with Gasteiger partial charge < -0.3 is 25.3 Å². The molecule has 7 nitrogen and oxygen atoms in total. The van der Waals surface area contributed by atoms with Crippen molar-refractivity contribution in [2.45, 2.75) is 39.0 Å². The summed E-state index contributed by atoms with van der Waals surface area (Å²) in [6.07, 6.45) is 3.11. The summed E-state index contributed by atoms with van der Waals surface area (Å²) >= 11 is 0. The SMILES string of the molecule is CN=C(NCCc1c[nH]c2ccccc12)NCc1ccc(C(=O)N2CC(C)OC(C)C2)cc1. The molecule has 2 heterocycles. The van der Waals surface area contributed by atoms with Crippen LogP contribution in [-0.2, 0) is 17.7 Å². The van der Waals surface area contributed by atoms with E-state index in [0.717, 1.165) is 30.0 Å². The van der Waals surface area contributed by atoms with Gasteiger partial charge in [-0.3, -0.25) is 9.79 Å². The Labute approximate surface area is 195 Å². The van der Waals surface area contributed by atoms with Gasteiger partial charge in [-0.25, -0.2) is 0 Å². The topological polar surface area (TPSA) is 81.8 Å². The fraction of sp³-hybridized carbons (Fsp3) is 0.385. The first-order valence-electron chi connectivity index (χ1n) is 11.6. The number of para-hydroxylation sites is 1.